The molecule has 2 aromatic heterocycles. The average molecular weight is 334 g/mol. The molecule has 0 spiro atoms. The first-order valence-corrected chi connectivity index (χ1v) is 7.54. The van der Waals surface area contributed by atoms with Crippen molar-refractivity contribution in [1.82, 2.24) is 9.55 Å². The molecule has 0 amide bonds. The molecule has 126 valence electrons. The molecule has 6 heteroatoms. The number of fused-ring (bicyclic) bond motifs is 1. The summed E-state index contributed by atoms with van der Waals surface area (Å²) in [6.07, 6.45) is -3.02. The number of pyridine rings is 1. The molecule has 0 aliphatic rings. The maximum absolute atomic E-state index is 13.1. The molecule has 24 heavy (non-hydrogen) atoms. The Kier molecular flexibility index (Phi) is 4.32. The van der Waals surface area contributed by atoms with Crippen LogP contribution < -0.4 is 0 Å². The van der Waals surface area contributed by atoms with E-state index in [2.05, 4.69) is 4.98 Å². The minimum absolute atomic E-state index is 0.321. The predicted molar refractivity (Wildman–Crippen MR) is 86.6 cm³/mol. The number of alkyl halides is 3. The normalized spacial score (nSPS) is 13.4. The van der Waals surface area contributed by atoms with Gasteiger partial charge in [0.25, 0.3) is 0 Å². The summed E-state index contributed by atoms with van der Waals surface area (Å²) in [7, 11) is 1.55. The fourth-order valence-electron chi connectivity index (χ4n) is 2.85. The van der Waals surface area contributed by atoms with Crippen LogP contribution >= 0.6 is 0 Å². The Morgan fingerprint density at radius 2 is 1.92 bits per heavy atom. The first-order chi connectivity index (χ1) is 11.4. The molecule has 0 radical (unpaired) electrons. The number of halogens is 3. The van der Waals surface area contributed by atoms with Gasteiger partial charge >= 0.3 is 6.18 Å². The Morgan fingerprint density at radius 1 is 1.17 bits per heavy atom. The lowest BCUT2D eigenvalue weighted by Gasteiger charge is -2.17. The number of para-hydroxylation sites is 1. The van der Waals surface area contributed by atoms with Crippen molar-refractivity contribution in [2.45, 2.75) is 25.7 Å². The molecular formula is C18H17F3N2O. The molecule has 0 bridgehead atoms. The molecule has 1 aromatic carbocycles. The van der Waals surface area contributed by atoms with E-state index in [1.165, 1.54) is 4.57 Å². The molecule has 0 saturated heterocycles. The van der Waals surface area contributed by atoms with Crippen LogP contribution in [0, 0.1) is 0 Å². The van der Waals surface area contributed by atoms with Gasteiger partial charge < -0.3 is 9.30 Å². The maximum Gasteiger partial charge on any atom is 0.406 e. The summed E-state index contributed by atoms with van der Waals surface area (Å²) in [4.78, 5) is 4.31. The van der Waals surface area contributed by atoms with Crippen molar-refractivity contribution in [2.75, 3.05) is 7.11 Å². The minimum Gasteiger partial charge on any atom is -0.375 e. The van der Waals surface area contributed by atoms with Crippen LogP contribution in [0.2, 0.25) is 0 Å². The Hall–Kier alpha value is -2.34. The maximum atomic E-state index is 13.1. The molecule has 0 aliphatic heterocycles. The molecule has 1 unspecified atom stereocenters. The molecule has 0 N–H and O–H groups in total. The second-order valence-corrected chi connectivity index (χ2v) is 5.60. The summed E-state index contributed by atoms with van der Waals surface area (Å²) in [5.41, 5.74) is 2.30. The highest BCUT2D eigenvalue weighted by Crippen LogP contribution is 2.34. The topological polar surface area (TPSA) is 27.1 Å². The van der Waals surface area contributed by atoms with Crippen molar-refractivity contribution in [3.05, 3.63) is 54.4 Å². The van der Waals surface area contributed by atoms with E-state index in [9.17, 15) is 13.2 Å². The van der Waals surface area contributed by atoms with E-state index in [4.69, 9.17) is 4.74 Å². The Bertz CT molecular complexity index is 855. The van der Waals surface area contributed by atoms with Gasteiger partial charge in [-0.1, -0.05) is 18.2 Å². The highest BCUT2D eigenvalue weighted by atomic mass is 19.4. The van der Waals surface area contributed by atoms with Crippen molar-refractivity contribution in [3.8, 4) is 11.3 Å². The highest BCUT2D eigenvalue weighted by molar-refractivity contribution is 5.87. The summed E-state index contributed by atoms with van der Waals surface area (Å²) in [5.74, 6) is 0. The van der Waals surface area contributed by atoms with Gasteiger partial charge in [-0.2, -0.15) is 13.2 Å². The molecule has 3 rings (SSSR count). The van der Waals surface area contributed by atoms with E-state index in [1.54, 1.807) is 43.6 Å². The van der Waals surface area contributed by atoms with E-state index in [0.717, 1.165) is 5.39 Å². The van der Waals surface area contributed by atoms with Crippen LogP contribution in [-0.4, -0.2) is 22.8 Å². The number of ether oxygens (including phenoxy) is 1. The number of hydrogen-bond donors (Lipinski definition) is 0. The van der Waals surface area contributed by atoms with E-state index in [1.807, 2.05) is 19.1 Å². The standard InChI is InChI=1S/C18H17F3N2O/c1-12(24-2)17-14(7-5-9-22-17)16-10-13-6-3-4-8-15(13)23(16)11-18(19,20)21/h3-10,12H,11H2,1-2H3. The highest BCUT2D eigenvalue weighted by Gasteiger charge is 2.30. The summed E-state index contributed by atoms with van der Waals surface area (Å²) in [5, 5.41) is 0.761. The van der Waals surface area contributed by atoms with E-state index in [-0.39, 0.29) is 6.10 Å². The summed E-state index contributed by atoms with van der Waals surface area (Å²) in [6, 6.07) is 12.3. The zero-order valence-electron chi connectivity index (χ0n) is 13.3. The zero-order valence-corrected chi connectivity index (χ0v) is 13.3. The van der Waals surface area contributed by atoms with E-state index in [0.29, 0.717) is 22.5 Å². The van der Waals surface area contributed by atoms with Gasteiger partial charge in [-0.15, -0.1) is 0 Å². The van der Waals surface area contributed by atoms with Crippen LogP contribution in [0.5, 0.6) is 0 Å². The predicted octanol–water partition coefficient (Wildman–Crippen LogP) is 4.97. The first kappa shape index (κ1) is 16.5. The second kappa shape index (κ2) is 6.28. The molecule has 3 nitrogen and oxygen atoms in total. The van der Waals surface area contributed by atoms with Gasteiger partial charge in [0, 0.05) is 29.8 Å². The van der Waals surface area contributed by atoms with E-state index >= 15 is 0 Å². The quantitative estimate of drug-likeness (QED) is 0.673. The zero-order chi connectivity index (χ0) is 17.3. The van der Waals surface area contributed by atoms with Gasteiger partial charge in [-0.25, -0.2) is 0 Å². The molecular weight excluding hydrogens is 317 g/mol. The minimum atomic E-state index is -4.31. The summed E-state index contributed by atoms with van der Waals surface area (Å²) in [6.45, 7) is 0.772. The summed E-state index contributed by atoms with van der Waals surface area (Å²) >= 11 is 0. The fraction of sp³-hybridized carbons (Fsp3) is 0.278. The molecule has 1 atom stereocenters. The Morgan fingerprint density at radius 3 is 2.62 bits per heavy atom. The monoisotopic (exact) mass is 334 g/mol. The number of hydrogen-bond acceptors (Lipinski definition) is 2. The van der Waals surface area contributed by atoms with Crippen molar-refractivity contribution in [1.29, 1.82) is 0 Å². The number of aromatic nitrogens is 2. The van der Waals surface area contributed by atoms with Crippen LogP contribution in [0.25, 0.3) is 22.2 Å². The molecule has 0 saturated carbocycles. The lowest BCUT2D eigenvalue weighted by atomic mass is 10.1. The van der Waals surface area contributed by atoms with Crippen LogP contribution in [-0.2, 0) is 11.3 Å². The lowest BCUT2D eigenvalue weighted by molar-refractivity contribution is -0.139. The molecule has 3 aromatic rings. The fourth-order valence-corrected chi connectivity index (χ4v) is 2.85. The average Bonchev–Trinajstić information content (AvgIpc) is 2.91. The smallest absolute Gasteiger partial charge is 0.375 e. The van der Waals surface area contributed by atoms with Crippen LogP contribution in [0.15, 0.2) is 48.7 Å². The van der Waals surface area contributed by atoms with Crippen LogP contribution in [0.4, 0.5) is 13.2 Å². The molecule has 2 heterocycles. The number of nitrogens with zero attached hydrogens (tertiary/aromatic N) is 2. The van der Waals surface area contributed by atoms with Crippen molar-refractivity contribution < 1.29 is 17.9 Å². The van der Waals surface area contributed by atoms with Crippen LogP contribution in [0.1, 0.15) is 18.7 Å². The number of benzene rings is 1. The molecule has 0 aliphatic carbocycles. The number of rotatable bonds is 4. The number of methoxy groups -OCH3 is 1. The van der Waals surface area contributed by atoms with Gasteiger partial charge in [-0.05, 0) is 31.2 Å². The first-order valence-electron chi connectivity index (χ1n) is 7.54. The van der Waals surface area contributed by atoms with Gasteiger partial charge in [0.15, 0.2) is 0 Å². The van der Waals surface area contributed by atoms with Crippen molar-refractivity contribution in [3.63, 3.8) is 0 Å². The third-order valence-corrected chi connectivity index (χ3v) is 4.00. The SMILES string of the molecule is COC(C)c1ncccc1-c1cc2ccccc2n1CC(F)(F)F. The van der Waals surface area contributed by atoms with Crippen molar-refractivity contribution >= 4 is 10.9 Å². The van der Waals surface area contributed by atoms with Gasteiger partial charge in [0.2, 0.25) is 0 Å². The molecule has 0 fully saturated rings. The van der Waals surface area contributed by atoms with Gasteiger partial charge in [0.1, 0.15) is 6.54 Å². The van der Waals surface area contributed by atoms with Crippen molar-refractivity contribution in [2.24, 2.45) is 0 Å². The van der Waals surface area contributed by atoms with Gasteiger partial charge in [0.05, 0.1) is 17.5 Å². The third-order valence-electron chi connectivity index (χ3n) is 4.00. The lowest BCUT2D eigenvalue weighted by Crippen LogP contribution is -2.18. The van der Waals surface area contributed by atoms with Gasteiger partial charge in [-0.3, -0.25) is 4.98 Å². The van der Waals surface area contributed by atoms with Crippen LogP contribution in [0.3, 0.4) is 0 Å². The summed E-state index contributed by atoms with van der Waals surface area (Å²) < 4.78 is 45.9. The third kappa shape index (κ3) is 3.14. The van der Waals surface area contributed by atoms with E-state index < -0.39 is 12.7 Å². The Labute approximate surface area is 137 Å². The largest absolute Gasteiger partial charge is 0.406 e. The second-order valence-electron chi connectivity index (χ2n) is 5.60. The Balaban J connectivity index is 2.25.